The Balaban J connectivity index is 2.73. The van der Waals surface area contributed by atoms with Gasteiger partial charge in [0.2, 0.25) is 12.2 Å². The van der Waals surface area contributed by atoms with Gasteiger partial charge in [-0.05, 0) is 31.1 Å². The molecule has 3 unspecified atom stereocenters. The molecule has 4 heteroatoms. The summed E-state index contributed by atoms with van der Waals surface area (Å²) < 4.78 is 0. The molecule has 1 aliphatic rings. The molecule has 0 saturated heterocycles. The molecule has 0 radical (unpaired) electrons. The summed E-state index contributed by atoms with van der Waals surface area (Å²) in [5.41, 5.74) is 0. The zero-order valence-corrected chi connectivity index (χ0v) is 10.4. The molecular weight excluding hydrogens is 216 g/mol. The molecule has 0 aromatic heterocycles. The number of hydrogen-bond donors (Lipinski definition) is 0. The SMILES string of the molecule is CCCC(CN=C=O)C1CCCCC1N=C=O. The van der Waals surface area contributed by atoms with E-state index in [9.17, 15) is 9.59 Å². The van der Waals surface area contributed by atoms with Gasteiger partial charge in [0.05, 0.1) is 12.6 Å². The highest BCUT2D eigenvalue weighted by Gasteiger charge is 2.31. The van der Waals surface area contributed by atoms with Crippen molar-refractivity contribution in [2.75, 3.05) is 6.54 Å². The Kier molecular flexibility index (Phi) is 6.46. The molecule has 1 saturated carbocycles. The number of carbonyl (C=O) groups excluding carboxylic acids is 2. The van der Waals surface area contributed by atoms with Crippen LogP contribution in [0.2, 0.25) is 0 Å². The molecule has 1 aliphatic carbocycles. The fourth-order valence-electron chi connectivity index (χ4n) is 2.88. The molecule has 0 amide bonds. The van der Waals surface area contributed by atoms with Crippen LogP contribution in [0.5, 0.6) is 0 Å². The molecule has 0 N–H and O–H groups in total. The number of nitrogens with zero attached hydrogens (tertiary/aromatic N) is 2. The van der Waals surface area contributed by atoms with Gasteiger partial charge in [-0.3, -0.25) is 0 Å². The van der Waals surface area contributed by atoms with Crippen LogP contribution < -0.4 is 0 Å². The second-order valence-electron chi connectivity index (χ2n) is 4.72. The fraction of sp³-hybridized carbons (Fsp3) is 0.846. The maximum atomic E-state index is 10.4. The first-order chi connectivity index (χ1) is 8.33. The topological polar surface area (TPSA) is 58.9 Å². The van der Waals surface area contributed by atoms with Gasteiger partial charge in [-0.15, -0.1) is 0 Å². The van der Waals surface area contributed by atoms with Crippen LogP contribution in [-0.4, -0.2) is 24.7 Å². The number of rotatable bonds is 6. The van der Waals surface area contributed by atoms with Crippen LogP contribution in [0.4, 0.5) is 0 Å². The smallest absolute Gasteiger partial charge is 0.211 e. The lowest BCUT2D eigenvalue weighted by atomic mass is 9.75. The molecule has 0 bridgehead atoms. The molecule has 0 aromatic rings. The lowest BCUT2D eigenvalue weighted by molar-refractivity contribution is 0.209. The number of isocyanates is 2. The average molecular weight is 236 g/mol. The summed E-state index contributed by atoms with van der Waals surface area (Å²) in [6.45, 7) is 2.64. The van der Waals surface area contributed by atoms with Crippen molar-refractivity contribution in [3.63, 3.8) is 0 Å². The average Bonchev–Trinajstić information content (AvgIpc) is 2.36. The standard InChI is InChI=1S/C13H20N2O2/c1-2-5-11(8-14-9-16)12-6-3-4-7-13(12)15-10-17/h11-13H,2-8H2,1H3. The Labute approximate surface area is 102 Å². The molecule has 0 aliphatic heterocycles. The molecule has 94 valence electrons. The van der Waals surface area contributed by atoms with Crippen molar-refractivity contribution < 1.29 is 9.59 Å². The van der Waals surface area contributed by atoms with E-state index in [4.69, 9.17) is 0 Å². The Bertz CT molecular complexity index is 317. The Hall–Kier alpha value is -1.24. The van der Waals surface area contributed by atoms with Crippen molar-refractivity contribution in [2.45, 2.75) is 51.5 Å². The largest absolute Gasteiger partial charge is 0.235 e. The summed E-state index contributed by atoms with van der Waals surface area (Å²) in [5, 5.41) is 0. The maximum absolute atomic E-state index is 10.4. The van der Waals surface area contributed by atoms with E-state index in [1.54, 1.807) is 12.2 Å². The van der Waals surface area contributed by atoms with Crippen molar-refractivity contribution in [3.05, 3.63) is 0 Å². The van der Waals surface area contributed by atoms with Gasteiger partial charge in [-0.1, -0.05) is 26.2 Å². The van der Waals surface area contributed by atoms with Crippen LogP contribution >= 0.6 is 0 Å². The fourth-order valence-corrected chi connectivity index (χ4v) is 2.88. The first kappa shape index (κ1) is 13.8. The minimum absolute atomic E-state index is 0.0830. The van der Waals surface area contributed by atoms with Crippen LogP contribution in [0.15, 0.2) is 9.98 Å². The predicted octanol–water partition coefficient (Wildman–Crippen LogP) is 2.63. The molecular formula is C13H20N2O2. The quantitative estimate of drug-likeness (QED) is 0.525. The van der Waals surface area contributed by atoms with Gasteiger partial charge in [0.15, 0.2) is 0 Å². The van der Waals surface area contributed by atoms with E-state index < -0.39 is 0 Å². The van der Waals surface area contributed by atoms with Gasteiger partial charge >= 0.3 is 0 Å². The minimum Gasteiger partial charge on any atom is -0.211 e. The maximum Gasteiger partial charge on any atom is 0.235 e. The molecule has 0 spiro atoms. The molecule has 0 aromatic carbocycles. The summed E-state index contributed by atoms with van der Waals surface area (Å²) in [6, 6.07) is 0.0830. The van der Waals surface area contributed by atoms with E-state index in [0.29, 0.717) is 18.4 Å². The second-order valence-corrected chi connectivity index (χ2v) is 4.72. The number of hydrogen-bond acceptors (Lipinski definition) is 4. The third-order valence-corrected chi connectivity index (χ3v) is 3.66. The van der Waals surface area contributed by atoms with Crippen molar-refractivity contribution >= 4 is 12.2 Å². The van der Waals surface area contributed by atoms with Gasteiger partial charge in [0.1, 0.15) is 0 Å². The summed E-state index contributed by atoms with van der Waals surface area (Å²) in [7, 11) is 0. The van der Waals surface area contributed by atoms with Crippen molar-refractivity contribution in [2.24, 2.45) is 21.8 Å². The van der Waals surface area contributed by atoms with E-state index in [2.05, 4.69) is 16.9 Å². The van der Waals surface area contributed by atoms with Gasteiger partial charge in [0.25, 0.3) is 0 Å². The highest BCUT2D eigenvalue weighted by Crippen LogP contribution is 2.34. The van der Waals surface area contributed by atoms with Gasteiger partial charge < -0.3 is 0 Å². The normalized spacial score (nSPS) is 25.5. The van der Waals surface area contributed by atoms with Crippen LogP contribution in [0.3, 0.4) is 0 Å². The lowest BCUT2D eigenvalue weighted by Crippen LogP contribution is -2.31. The van der Waals surface area contributed by atoms with Gasteiger partial charge in [-0.25, -0.2) is 19.6 Å². The van der Waals surface area contributed by atoms with E-state index in [-0.39, 0.29) is 6.04 Å². The van der Waals surface area contributed by atoms with Crippen LogP contribution in [0, 0.1) is 11.8 Å². The van der Waals surface area contributed by atoms with Crippen molar-refractivity contribution in [3.8, 4) is 0 Å². The van der Waals surface area contributed by atoms with E-state index in [1.165, 1.54) is 6.42 Å². The molecule has 4 nitrogen and oxygen atoms in total. The van der Waals surface area contributed by atoms with Crippen LogP contribution in [-0.2, 0) is 9.59 Å². The van der Waals surface area contributed by atoms with Crippen molar-refractivity contribution in [1.29, 1.82) is 0 Å². The highest BCUT2D eigenvalue weighted by atomic mass is 16.1. The summed E-state index contributed by atoms with van der Waals surface area (Å²) >= 11 is 0. The lowest BCUT2D eigenvalue weighted by Gasteiger charge is -2.33. The number of aliphatic imine (C=N–C) groups is 2. The molecule has 3 atom stereocenters. The minimum atomic E-state index is 0.0830. The third-order valence-electron chi connectivity index (χ3n) is 3.66. The molecule has 1 fully saturated rings. The zero-order chi connectivity index (χ0) is 12.5. The molecule has 0 heterocycles. The van der Waals surface area contributed by atoms with Crippen LogP contribution in [0.25, 0.3) is 0 Å². The molecule has 1 rings (SSSR count). The van der Waals surface area contributed by atoms with E-state index >= 15 is 0 Å². The van der Waals surface area contributed by atoms with Gasteiger partial charge in [0, 0.05) is 0 Å². The Morgan fingerprint density at radius 1 is 1.24 bits per heavy atom. The van der Waals surface area contributed by atoms with Crippen molar-refractivity contribution in [1.82, 2.24) is 0 Å². The first-order valence-corrected chi connectivity index (χ1v) is 6.44. The summed E-state index contributed by atoms with van der Waals surface area (Å²) in [4.78, 5) is 28.3. The van der Waals surface area contributed by atoms with Gasteiger partial charge in [-0.2, -0.15) is 0 Å². The summed E-state index contributed by atoms with van der Waals surface area (Å²) in [6.07, 6.45) is 9.74. The predicted molar refractivity (Wildman–Crippen MR) is 65.3 cm³/mol. The zero-order valence-electron chi connectivity index (χ0n) is 10.4. The molecule has 17 heavy (non-hydrogen) atoms. The second kappa shape index (κ2) is 7.94. The summed E-state index contributed by atoms with van der Waals surface area (Å²) in [5.74, 6) is 0.728. The Morgan fingerprint density at radius 3 is 2.65 bits per heavy atom. The first-order valence-electron chi connectivity index (χ1n) is 6.44. The monoisotopic (exact) mass is 236 g/mol. The third kappa shape index (κ3) is 4.26. The van der Waals surface area contributed by atoms with E-state index in [0.717, 1.165) is 32.1 Å². The van der Waals surface area contributed by atoms with Crippen LogP contribution in [0.1, 0.15) is 45.4 Å². The highest BCUT2D eigenvalue weighted by molar-refractivity contribution is 5.34. The van der Waals surface area contributed by atoms with E-state index in [1.807, 2.05) is 0 Å². The Morgan fingerprint density at radius 2 is 2.00 bits per heavy atom.